The molecule has 1 atom stereocenters. The second kappa shape index (κ2) is 7.37. The van der Waals surface area contributed by atoms with Crippen molar-refractivity contribution in [3.05, 3.63) is 0 Å². The number of amides is 1. The van der Waals surface area contributed by atoms with Gasteiger partial charge in [-0.1, -0.05) is 0 Å². The summed E-state index contributed by atoms with van der Waals surface area (Å²) in [4.78, 5) is 11.1. The van der Waals surface area contributed by atoms with Gasteiger partial charge in [0.15, 0.2) is 0 Å². The molecule has 3 N–H and O–H groups in total. The average Bonchev–Trinajstić information content (AvgIpc) is 2.15. The van der Waals surface area contributed by atoms with Gasteiger partial charge in [-0.25, -0.2) is 0 Å². The number of carbonyl (C=O) groups excluding carboxylic acids is 1. The Labute approximate surface area is 96.0 Å². The monoisotopic (exact) mass is 238 g/mol. The maximum atomic E-state index is 11.1. The van der Waals surface area contributed by atoms with E-state index in [1.54, 1.807) is 6.92 Å². The van der Waals surface area contributed by atoms with Crippen LogP contribution in [0.1, 0.15) is 19.8 Å². The average molecular weight is 239 g/mol. The van der Waals surface area contributed by atoms with Crippen molar-refractivity contribution < 1.29 is 4.79 Å². The normalized spacial score (nSPS) is 19.6. The smallest absolute Gasteiger partial charge is 0.236 e. The lowest BCUT2D eigenvalue weighted by molar-refractivity contribution is -0.122. The van der Waals surface area contributed by atoms with Gasteiger partial charge in [-0.2, -0.15) is 11.8 Å². The van der Waals surface area contributed by atoms with Crippen molar-refractivity contribution in [3.63, 3.8) is 0 Å². The Kier molecular flexibility index (Phi) is 7.41. The van der Waals surface area contributed by atoms with Crippen LogP contribution in [-0.4, -0.2) is 30.0 Å². The number of carbonyl (C=O) groups is 1. The van der Waals surface area contributed by atoms with E-state index >= 15 is 0 Å². The molecule has 84 valence electrons. The van der Waals surface area contributed by atoms with Crippen LogP contribution in [0.4, 0.5) is 0 Å². The Balaban J connectivity index is 0.00000169. The molecule has 1 unspecified atom stereocenters. The first-order chi connectivity index (χ1) is 6.20. The quantitative estimate of drug-likeness (QED) is 0.772. The maximum absolute atomic E-state index is 11.1. The molecule has 5 heteroatoms. The van der Waals surface area contributed by atoms with Crippen LogP contribution < -0.4 is 11.1 Å². The van der Waals surface area contributed by atoms with E-state index in [9.17, 15) is 4.79 Å². The molecule has 0 aromatic carbocycles. The number of rotatable bonds is 3. The van der Waals surface area contributed by atoms with E-state index in [2.05, 4.69) is 5.32 Å². The minimum atomic E-state index is -0.377. The highest BCUT2D eigenvalue weighted by atomic mass is 35.5. The number of hydrogen-bond acceptors (Lipinski definition) is 3. The zero-order valence-electron chi connectivity index (χ0n) is 8.49. The lowest BCUT2D eigenvalue weighted by atomic mass is 10.0. The zero-order valence-corrected chi connectivity index (χ0v) is 10.1. The van der Waals surface area contributed by atoms with Crippen molar-refractivity contribution in [1.82, 2.24) is 5.32 Å². The topological polar surface area (TPSA) is 55.1 Å². The fourth-order valence-corrected chi connectivity index (χ4v) is 2.56. The standard InChI is InChI=1S/C9H18N2OS.ClH/c1-7(10)9(12)11-6-8-2-4-13-5-3-8;/h7-8H,2-6,10H2,1H3,(H,11,12);1H. The molecule has 1 rings (SSSR count). The summed E-state index contributed by atoms with van der Waals surface area (Å²) in [6, 6.07) is -0.377. The van der Waals surface area contributed by atoms with Gasteiger partial charge in [-0.15, -0.1) is 12.4 Å². The predicted molar refractivity (Wildman–Crippen MR) is 64.0 cm³/mol. The lowest BCUT2D eigenvalue weighted by Gasteiger charge is -2.21. The molecular weight excluding hydrogens is 220 g/mol. The number of nitrogens with one attached hydrogen (secondary N) is 1. The third-order valence-electron chi connectivity index (χ3n) is 2.32. The Morgan fingerprint density at radius 1 is 1.57 bits per heavy atom. The molecule has 0 spiro atoms. The summed E-state index contributed by atoms with van der Waals surface area (Å²) < 4.78 is 0. The molecule has 0 aromatic rings. The third-order valence-corrected chi connectivity index (χ3v) is 3.37. The Morgan fingerprint density at radius 2 is 2.14 bits per heavy atom. The Morgan fingerprint density at radius 3 is 2.64 bits per heavy atom. The molecule has 1 saturated heterocycles. The Bertz CT molecular complexity index is 172. The van der Waals surface area contributed by atoms with E-state index in [1.807, 2.05) is 11.8 Å². The van der Waals surface area contributed by atoms with Gasteiger partial charge in [0.2, 0.25) is 5.91 Å². The summed E-state index contributed by atoms with van der Waals surface area (Å²) in [6.45, 7) is 2.52. The molecular formula is C9H19ClN2OS. The van der Waals surface area contributed by atoms with Crippen LogP contribution in [0.15, 0.2) is 0 Å². The van der Waals surface area contributed by atoms with Gasteiger partial charge in [0, 0.05) is 6.54 Å². The second-order valence-corrected chi connectivity index (χ2v) is 4.81. The molecule has 1 aliphatic heterocycles. The van der Waals surface area contributed by atoms with E-state index < -0.39 is 0 Å². The van der Waals surface area contributed by atoms with Crippen molar-refractivity contribution in [1.29, 1.82) is 0 Å². The fraction of sp³-hybridized carbons (Fsp3) is 0.889. The lowest BCUT2D eigenvalue weighted by Crippen LogP contribution is -2.40. The number of hydrogen-bond donors (Lipinski definition) is 2. The number of thioether (sulfide) groups is 1. The van der Waals surface area contributed by atoms with Crippen molar-refractivity contribution in [2.24, 2.45) is 11.7 Å². The summed E-state index contributed by atoms with van der Waals surface area (Å²) in [6.07, 6.45) is 2.45. The molecule has 0 radical (unpaired) electrons. The maximum Gasteiger partial charge on any atom is 0.236 e. The largest absolute Gasteiger partial charge is 0.354 e. The highest BCUT2D eigenvalue weighted by Gasteiger charge is 2.15. The van der Waals surface area contributed by atoms with Gasteiger partial charge in [-0.3, -0.25) is 4.79 Å². The number of nitrogens with two attached hydrogens (primary N) is 1. The first-order valence-corrected chi connectivity index (χ1v) is 5.96. The van der Waals surface area contributed by atoms with Gasteiger partial charge in [0.25, 0.3) is 0 Å². The second-order valence-electron chi connectivity index (χ2n) is 3.59. The summed E-state index contributed by atoms with van der Waals surface area (Å²) in [5.41, 5.74) is 5.44. The van der Waals surface area contributed by atoms with Crippen molar-refractivity contribution in [2.45, 2.75) is 25.8 Å². The molecule has 0 aliphatic carbocycles. The van der Waals surface area contributed by atoms with Crippen molar-refractivity contribution in [2.75, 3.05) is 18.1 Å². The molecule has 0 bridgehead atoms. The van der Waals surface area contributed by atoms with Crippen molar-refractivity contribution in [3.8, 4) is 0 Å². The third kappa shape index (κ3) is 5.08. The van der Waals surface area contributed by atoms with Crippen molar-refractivity contribution >= 4 is 30.1 Å². The van der Waals surface area contributed by atoms with E-state index in [0.717, 1.165) is 6.54 Å². The first kappa shape index (κ1) is 14.1. The molecule has 3 nitrogen and oxygen atoms in total. The predicted octanol–water partition coefficient (Wildman–Crippen LogP) is 1.01. The van der Waals surface area contributed by atoms with Crippen LogP contribution in [0, 0.1) is 5.92 Å². The Hall–Kier alpha value is 0.0700. The first-order valence-electron chi connectivity index (χ1n) is 4.81. The highest BCUT2D eigenvalue weighted by molar-refractivity contribution is 7.99. The molecule has 14 heavy (non-hydrogen) atoms. The van der Waals surface area contributed by atoms with E-state index in [4.69, 9.17) is 5.73 Å². The fourth-order valence-electron chi connectivity index (χ4n) is 1.36. The van der Waals surface area contributed by atoms with Gasteiger partial charge >= 0.3 is 0 Å². The van der Waals surface area contributed by atoms with Gasteiger partial charge in [0.05, 0.1) is 6.04 Å². The molecule has 1 heterocycles. The molecule has 1 amide bonds. The summed E-state index contributed by atoms with van der Waals surface area (Å²) in [7, 11) is 0. The van der Waals surface area contributed by atoms with E-state index in [-0.39, 0.29) is 24.4 Å². The summed E-state index contributed by atoms with van der Waals surface area (Å²) in [5.74, 6) is 3.11. The van der Waals surface area contributed by atoms with E-state index in [0.29, 0.717) is 5.92 Å². The SMILES string of the molecule is CC(N)C(=O)NCC1CCSCC1.Cl. The summed E-state index contributed by atoms with van der Waals surface area (Å²) in [5, 5.41) is 2.88. The van der Waals surface area contributed by atoms with Crippen LogP contribution in [0.25, 0.3) is 0 Å². The molecule has 0 saturated carbocycles. The molecule has 1 fully saturated rings. The minimum Gasteiger partial charge on any atom is -0.354 e. The number of halogens is 1. The molecule has 0 aromatic heterocycles. The molecule has 1 aliphatic rings. The van der Waals surface area contributed by atoms with Crippen LogP contribution >= 0.6 is 24.2 Å². The highest BCUT2D eigenvalue weighted by Crippen LogP contribution is 2.21. The van der Waals surface area contributed by atoms with Crippen LogP contribution in [-0.2, 0) is 4.79 Å². The minimum absolute atomic E-state index is 0. The van der Waals surface area contributed by atoms with Gasteiger partial charge < -0.3 is 11.1 Å². The van der Waals surface area contributed by atoms with Crippen LogP contribution in [0.3, 0.4) is 0 Å². The van der Waals surface area contributed by atoms with E-state index in [1.165, 1.54) is 24.3 Å². The zero-order chi connectivity index (χ0) is 9.68. The van der Waals surface area contributed by atoms with Crippen LogP contribution in [0.5, 0.6) is 0 Å². The van der Waals surface area contributed by atoms with Gasteiger partial charge in [-0.05, 0) is 37.2 Å². The van der Waals surface area contributed by atoms with Gasteiger partial charge in [0.1, 0.15) is 0 Å². The summed E-state index contributed by atoms with van der Waals surface area (Å²) >= 11 is 2.00. The van der Waals surface area contributed by atoms with Crippen LogP contribution in [0.2, 0.25) is 0 Å².